The molecule has 2 aromatic rings. The number of hydrogen-bond acceptors (Lipinski definition) is 5. The van der Waals surface area contributed by atoms with Crippen molar-refractivity contribution in [3.63, 3.8) is 0 Å². The molecule has 0 radical (unpaired) electrons. The number of carbonyl (C=O) groups is 1. The molecule has 0 unspecified atom stereocenters. The molecule has 0 atom stereocenters. The molecule has 0 aliphatic carbocycles. The molecule has 0 saturated heterocycles. The predicted octanol–water partition coefficient (Wildman–Crippen LogP) is 1.62. The first-order valence-corrected chi connectivity index (χ1v) is 8.70. The monoisotopic (exact) mass is 349 g/mol. The quantitative estimate of drug-likeness (QED) is 0.826. The van der Waals surface area contributed by atoms with Gasteiger partial charge >= 0.3 is 0 Å². The van der Waals surface area contributed by atoms with Gasteiger partial charge in [-0.3, -0.25) is 14.5 Å². The van der Waals surface area contributed by atoms with Crippen LogP contribution in [0.25, 0.3) is 0 Å². The van der Waals surface area contributed by atoms with Crippen LogP contribution in [0.5, 0.6) is 5.75 Å². The van der Waals surface area contributed by atoms with Gasteiger partial charge in [-0.1, -0.05) is 0 Å². The fraction of sp³-hybridized carbons (Fsp3) is 0.250. The Labute approximate surface area is 141 Å². The number of rotatable bonds is 6. The zero-order valence-corrected chi connectivity index (χ0v) is 14.5. The summed E-state index contributed by atoms with van der Waals surface area (Å²) < 4.78 is 32.8. The summed E-state index contributed by atoms with van der Waals surface area (Å²) in [5.41, 5.74) is 1.63. The van der Waals surface area contributed by atoms with Crippen molar-refractivity contribution in [1.82, 2.24) is 10.3 Å². The van der Waals surface area contributed by atoms with Gasteiger partial charge in [-0.05, 0) is 49.7 Å². The van der Waals surface area contributed by atoms with Crippen molar-refractivity contribution in [3.05, 3.63) is 47.8 Å². The highest BCUT2D eigenvalue weighted by Gasteiger charge is 2.17. The molecule has 0 fully saturated rings. The molecule has 1 aromatic carbocycles. The molecule has 7 nitrogen and oxygen atoms in total. The van der Waals surface area contributed by atoms with Gasteiger partial charge in [-0.2, -0.15) is 0 Å². The minimum Gasteiger partial charge on any atom is -0.484 e. The second kappa shape index (κ2) is 7.31. The van der Waals surface area contributed by atoms with Gasteiger partial charge in [0.2, 0.25) is 0 Å². The summed E-state index contributed by atoms with van der Waals surface area (Å²) in [4.78, 5) is 15.4. The standard InChI is InChI=1S/C16H19N3O4S/c1-11-9-13(6-7-15(11)23-10-16(20)17-3)24(21,22)19-14-5-4-8-18-12(14)2/h4-9,19H,10H2,1-3H3,(H,17,20). The van der Waals surface area contributed by atoms with E-state index >= 15 is 0 Å². The number of carbonyl (C=O) groups excluding carboxylic acids is 1. The van der Waals surface area contributed by atoms with Gasteiger partial charge in [0, 0.05) is 13.2 Å². The van der Waals surface area contributed by atoms with Crippen molar-refractivity contribution in [2.24, 2.45) is 0 Å². The van der Waals surface area contributed by atoms with Crippen LogP contribution in [-0.2, 0) is 14.8 Å². The summed E-state index contributed by atoms with van der Waals surface area (Å²) in [6.07, 6.45) is 1.59. The lowest BCUT2D eigenvalue weighted by molar-refractivity contribution is -0.122. The van der Waals surface area contributed by atoms with Crippen molar-refractivity contribution >= 4 is 21.6 Å². The number of aromatic nitrogens is 1. The number of ether oxygens (including phenoxy) is 1. The molecule has 0 saturated carbocycles. The van der Waals surface area contributed by atoms with Crippen molar-refractivity contribution in [3.8, 4) is 5.75 Å². The zero-order chi connectivity index (χ0) is 17.7. The molecule has 24 heavy (non-hydrogen) atoms. The third kappa shape index (κ3) is 4.23. The van der Waals surface area contributed by atoms with Crippen molar-refractivity contribution in [2.75, 3.05) is 18.4 Å². The minimum absolute atomic E-state index is 0.107. The number of pyridine rings is 1. The zero-order valence-electron chi connectivity index (χ0n) is 13.7. The molecule has 8 heteroatoms. The summed E-state index contributed by atoms with van der Waals surface area (Å²) in [5, 5.41) is 2.45. The highest BCUT2D eigenvalue weighted by Crippen LogP contribution is 2.24. The second-order valence-electron chi connectivity index (χ2n) is 5.13. The number of likely N-dealkylation sites (N-methyl/N-ethyl adjacent to an activating group) is 1. The van der Waals surface area contributed by atoms with Crippen LogP contribution in [0, 0.1) is 13.8 Å². The Hall–Kier alpha value is -2.61. The Morgan fingerprint density at radius 3 is 2.62 bits per heavy atom. The smallest absolute Gasteiger partial charge is 0.261 e. The summed E-state index contributed by atoms with van der Waals surface area (Å²) in [6, 6.07) is 7.76. The number of nitrogens with one attached hydrogen (secondary N) is 2. The van der Waals surface area contributed by atoms with Crippen LogP contribution in [0.15, 0.2) is 41.4 Å². The van der Waals surface area contributed by atoms with Crippen molar-refractivity contribution in [2.45, 2.75) is 18.7 Å². The fourth-order valence-electron chi connectivity index (χ4n) is 1.96. The molecule has 1 aromatic heterocycles. The summed E-state index contributed by atoms with van der Waals surface area (Å²) >= 11 is 0. The molecule has 0 aliphatic rings. The van der Waals surface area contributed by atoms with Gasteiger partial charge in [0.05, 0.1) is 16.3 Å². The van der Waals surface area contributed by atoms with Crippen LogP contribution < -0.4 is 14.8 Å². The van der Waals surface area contributed by atoms with Gasteiger partial charge in [-0.15, -0.1) is 0 Å². The average molecular weight is 349 g/mol. The maximum atomic E-state index is 12.5. The fourth-order valence-corrected chi connectivity index (χ4v) is 3.16. The van der Waals surface area contributed by atoms with Crippen molar-refractivity contribution < 1.29 is 17.9 Å². The molecular formula is C16H19N3O4S. The van der Waals surface area contributed by atoms with Gasteiger partial charge < -0.3 is 10.1 Å². The van der Waals surface area contributed by atoms with E-state index in [-0.39, 0.29) is 17.4 Å². The maximum absolute atomic E-state index is 12.5. The number of sulfonamides is 1. The highest BCUT2D eigenvalue weighted by atomic mass is 32.2. The number of amides is 1. The lowest BCUT2D eigenvalue weighted by Crippen LogP contribution is -2.25. The molecule has 128 valence electrons. The molecule has 1 heterocycles. The van der Waals surface area contributed by atoms with E-state index < -0.39 is 10.0 Å². The Bertz CT molecular complexity index is 850. The van der Waals surface area contributed by atoms with Crippen LogP contribution in [-0.4, -0.2) is 33.0 Å². The van der Waals surface area contributed by atoms with E-state index in [4.69, 9.17) is 4.74 Å². The van der Waals surface area contributed by atoms with E-state index in [0.29, 0.717) is 22.7 Å². The SMILES string of the molecule is CNC(=O)COc1ccc(S(=O)(=O)Nc2cccnc2C)cc1C. The molecule has 0 bridgehead atoms. The van der Waals surface area contributed by atoms with E-state index in [0.717, 1.165) is 0 Å². The van der Waals surface area contributed by atoms with Gasteiger partial charge in [0.1, 0.15) is 5.75 Å². The normalized spacial score (nSPS) is 11.0. The van der Waals surface area contributed by atoms with Crippen LogP contribution in [0.1, 0.15) is 11.3 Å². The van der Waals surface area contributed by atoms with Gasteiger partial charge in [0.15, 0.2) is 6.61 Å². The van der Waals surface area contributed by atoms with E-state index in [2.05, 4.69) is 15.0 Å². The minimum atomic E-state index is -3.74. The Kier molecular flexibility index (Phi) is 5.40. The lowest BCUT2D eigenvalue weighted by atomic mass is 10.2. The number of hydrogen-bond donors (Lipinski definition) is 2. The van der Waals surface area contributed by atoms with Crippen LogP contribution in [0.4, 0.5) is 5.69 Å². The largest absolute Gasteiger partial charge is 0.484 e. The van der Waals surface area contributed by atoms with Gasteiger partial charge in [0.25, 0.3) is 15.9 Å². The summed E-state index contributed by atoms with van der Waals surface area (Å²) in [5.74, 6) is 0.190. The number of benzene rings is 1. The van der Waals surface area contributed by atoms with Crippen LogP contribution in [0.3, 0.4) is 0 Å². The molecule has 0 spiro atoms. The third-order valence-electron chi connectivity index (χ3n) is 3.35. The third-order valence-corrected chi connectivity index (χ3v) is 4.71. The highest BCUT2D eigenvalue weighted by molar-refractivity contribution is 7.92. The maximum Gasteiger partial charge on any atom is 0.261 e. The average Bonchev–Trinajstić information content (AvgIpc) is 2.55. The predicted molar refractivity (Wildman–Crippen MR) is 90.5 cm³/mol. The number of nitrogens with zero attached hydrogens (tertiary/aromatic N) is 1. The van der Waals surface area contributed by atoms with Crippen LogP contribution in [0.2, 0.25) is 0 Å². The topological polar surface area (TPSA) is 97.4 Å². The van der Waals surface area contributed by atoms with E-state index in [9.17, 15) is 13.2 Å². The van der Waals surface area contributed by atoms with Gasteiger partial charge in [-0.25, -0.2) is 8.42 Å². The Morgan fingerprint density at radius 1 is 1.25 bits per heavy atom. The lowest BCUT2D eigenvalue weighted by Gasteiger charge is -2.12. The van der Waals surface area contributed by atoms with Crippen molar-refractivity contribution in [1.29, 1.82) is 0 Å². The number of anilines is 1. The molecule has 2 N–H and O–H groups in total. The molecule has 1 amide bonds. The van der Waals surface area contributed by atoms with E-state index in [1.54, 1.807) is 32.2 Å². The number of aryl methyl sites for hydroxylation is 2. The molecule has 0 aliphatic heterocycles. The first-order valence-electron chi connectivity index (χ1n) is 7.22. The second-order valence-corrected chi connectivity index (χ2v) is 6.81. The van der Waals surface area contributed by atoms with E-state index in [1.807, 2.05) is 0 Å². The Morgan fingerprint density at radius 2 is 2.00 bits per heavy atom. The first kappa shape index (κ1) is 17.7. The molecule has 2 rings (SSSR count). The molecular weight excluding hydrogens is 330 g/mol. The van der Waals surface area contributed by atoms with E-state index in [1.165, 1.54) is 25.2 Å². The van der Waals surface area contributed by atoms with Crippen LogP contribution >= 0.6 is 0 Å². The summed E-state index contributed by atoms with van der Waals surface area (Å²) in [7, 11) is -2.22. The summed E-state index contributed by atoms with van der Waals surface area (Å²) in [6.45, 7) is 3.31. The first-order chi connectivity index (χ1) is 11.3. The Balaban J connectivity index is 2.21.